The zero-order chi connectivity index (χ0) is 8.97. The van der Waals surface area contributed by atoms with Crippen LogP contribution in [0.2, 0.25) is 0 Å². The molecule has 1 unspecified atom stereocenters. The molecule has 5 heteroatoms. The summed E-state index contributed by atoms with van der Waals surface area (Å²) in [5, 5.41) is 3.45. The molecule has 1 aromatic heterocycles. The lowest BCUT2D eigenvalue weighted by Crippen LogP contribution is -1.92. The minimum atomic E-state index is -0.218. The maximum atomic E-state index is 5.72. The molecule has 1 heterocycles. The molecule has 1 aromatic rings. The Morgan fingerprint density at radius 2 is 2.42 bits per heavy atom. The molecule has 1 atom stereocenters. The SMILES string of the molecule is CCOCc1nc(C(C)Cl)no1. The van der Waals surface area contributed by atoms with Gasteiger partial charge in [-0.05, 0) is 13.8 Å². The summed E-state index contributed by atoms with van der Waals surface area (Å²) in [6, 6.07) is 0. The average molecular weight is 191 g/mol. The molecule has 0 N–H and O–H groups in total. The Bertz CT molecular complexity index is 237. The van der Waals surface area contributed by atoms with E-state index in [4.69, 9.17) is 20.9 Å². The molecule has 12 heavy (non-hydrogen) atoms. The molecular formula is C7H11ClN2O2. The fourth-order valence-electron chi connectivity index (χ4n) is 0.678. The van der Waals surface area contributed by atoms with E-state index in [1.165, 1.54) is 0 Å². The van der Waals surface area contributed by atoms with Crippen LogP contribution < -0.4 is 0 Å². The van der Waals surface area contributed by atoms with Crippen LogP contribution in [0.1, 0.15) is 30.9 Å². The van der Waals surface area contributed by atoms with Crippen LogP contribution in [0.4, 0.5) is 0 Å². The molecule has 0 fully saturated rings. The van der Waals surface area contributed by atoms with Crippen LogP contribution in [0.25, 0.3) is 0 Å². The summed E-state index contributed by atoms with van der Waals surface area (Å²) in [6.45, 7) is 4.68. The van der Waals surface area contributed by atoms with Crippen LogP contribution in [-0.4, -0.2) is 16.7 Å². The third kappa shape index (κ3) is 2.46. The van der Waals surface area contributed by atoms with Gasteiger partial charge in [0.25, 0.3) is 5.89 Å². The van der Waals surface area contributed by atoms with E-state index in [2.05, 4.69) is 10.1 Å². The molecule has 0 aliphatic heterocycles. The van der Waals surface area contributed by atoms with Crippen LogP contribution in [0, 0.1) is 0 Å². The van der Waals surface area contributed by atoms with Crippen LogP contribution >= 0.6 is 11.6 Å². The zero-order valence-corrected chi connectivity index (χ0v) is 7.84. The highest BCUT2D eigenvalue weighted by Crippen LogP contribution is 2.15. The van der Waals surface area contributed by atoms with Gasteiger partial charge in [0.15, 0.2) is 5.82 Å². The van der Waals surface area contributed by atoms with Crippen molar-refractivity contribution in [2.45, 2.75) is 25.8 Å². The molecule has 68 valence electrons. The Kier molecular flexibility index (Phi) is 3.49. The van der Waals surface area contributed by atoms with Gasteiger partial charge in [0.1, 0.15) is 6.61 Å². The average Bonchev–Trinajstić information content (AvgIpc) is 2.48. The first-order valence-corrected chi connectivity index (χ1v) is 4.22. The molecule has 0 aromatic carbocycles. The van der Waals surface area contributed by atoms with Crippen molar-refractivity contribution in [3.63, 3.8) is 0 Å². The van der Waals surface area contributed by atoms with Crippen molar-refractivity contribution in [2.24, 2.45) is 0 Å². The second-order valence-corrected chi connectivity index (χ2v) is 2.95. The van der Waals surface area contributed by atoms with Gasteiger partial charge in [0.05, 0.1) is 5.38 Å². The Labute approximate surface area is 75.9 Å². The predicted molar refractivity (Wildman–Crippen MR) is 43.9 cm³/mol. The van der Waals surface area contributed by atoms with E-state index in [0.717, 1.165) is 0 Å². The van der Waals surface area contributed by atoms with Gasteiger partial charge >= 0.3 is 0 Å². The van der Waals surface area contributed by atoms with Crippen molar-refractivity contribution >= 4 is 11.6 Å². The third-order valence-corrected chi connectivity index (χ3v) is 1.46. The van der Waals surface area contributed by atoms with E-state index in [1.54, 1.807) is 6.92 Å². The van der Waals surface area contributed by atoms with E-state index in [1.807, 2.05) is 6.92 Å². The molecule has 0 saturated carbocycles. The van der Waals surface area contributed by atoms with Crippen molar-refractivity contribution in [3.8, 4) is 0 Å². The molecule has 0 spiro atoms. The minimum absolute atomic E-state index is 0.218. The number of hydrogen-bond donors (Lipinski definition) is 0. The van der Waals surface area contributed by atoms with Crippen LogP contribution in [0.15, 0.2) is 4.52 Å². The Hall–Kier alpha value is -0.610. The quantitative estimate of drug-likeness (QED) is 0.681. The van der Waals surface area contributed by atoms with Gasteiger partial charge in [-0.3, -0.25) is 0 Å². The van der Waals surface area contributed by atoms with E-state index in [-0.39, 0.29) is 5.38 Å². The third-order valence-electron chi connectivity index (χ3n) is 1.27. The Balaban J connectivity index is 2.52. The standard InChI is InChI=1S/C7H11ClN2O2/c1-3-11-4-6-9-7(5(2)8)10-12-6/h5H,3-4H2,1-2H3. The summed E-state index contributed by atoms with van der Waals surface area (Å²) >= 11 is 5.72. The number of aromatic nitrogens is 2. The van der Waals surface area contributed by atoms with Gasteiger partial charge in [-0.25, -0.2) is 0 Å². The number of hydrogen-bond acceptors (Lipinski definition) is 4. The Morgan fingerprint density at radius 1 is 1.67 bits per heavy atom. The summed E-state index contributed by atoms with van der Waals surface area (Å²) in [6.07, 6.45) is 0. The van der Waals surface area contributed by atoms with Crippen molar-refractivity contribution in [1.82, 2.24) is 10.1 Å². The monoisotopic (exact) mass is 190 g/mol. The fourth-order valence-corrected chi connectivity index (χ4v) is 0.766. The van der Waals surface area contributed by atoms with Crippen LogP contribution in [0.3, 0.4) is 0 Å². The topological polar surface area (TPSA) is 48.2 Å². The van der Waals surface area contributed by atoms with Gasteiger partial charge in [0.2, 0.25) is 0 Å². The molecule has 0 aliphatic carbocycles. The van der Waals surface area contributed by atoms with Gasteiger partial charge in [0, 0.05) is 6.61 Å². The second-order valence-electron chi connectivity index (χ2n) is 2.30. The van der Waals surface area contributed by atoms with Gasteiger partial charge in [-0.15, -0.1) is 11.6 Å². The maximum Gasteiger partial charge on any atom is 0.252 e. The molecular weight excluding hydrogens is 180 g/mol. The number of rotatable bonds is 4. The number of ether oxygens (including phenoxy) is 1. The summed E-state index contributed by atoms with van der Waals surface area (Å²) in [7, 11) is 0. The number of nitrogens with zero attached hydrogens (tertiary/aromatic N) is 2. The van der Waals surface area contributed by atoms with Gasteiger partial charge in [-0.1, -0.05) is 5.16 Å². The highest BCUT2D eigenvalue weighted by atomic mass is 35.5. The summed E-state index contributed by atoms with van der Waals surface area (Å²) < 4.78 is 9.93. The second kappa shape index (κ2) is 4.42. The maximum absolute atomic E-state index is 5.72. The van der Waals surface area contributed by atoms with Crippen LogP contribution in [0.5, 0.6) is 0 Å². The molecule has 0 radical (unpaired) electrons. The molecule has 0 amide bonds. The lowest BCUT2D eigenvalue weighted by Gasteiger charge is -1.92. The molecule has 0 saturated heterocycles. The summed E-state index contributed by atoms with van der Waals surface area (Å²) in [5.41, 5.74) is 0. The largest absolute Gasteiger partial charge is 0.372 e. The van der Waals surface area contributed by atoms with E-state index >= 15 is 0 Å². The van der Waals surface area contributed by atoms with E-state index < -0.39 is 0 Å². The van der Waals surface area contributed by atoms with E-state index in [9.17, 15) is 0 Å². The normalized spacial score (nSPS) is 13.2. The lowest BCUT2D eigenvalue weighted by atomic mass is 10.4. The van der Waals surface area contributed by atoms with Gasteiger partial charge in [-0.2, -0.15) is 4.98 Å². The first-order chi connectivity index (χ1) is 5.74. The van der Waals surface area contributed by atoms with E-state index in [0.29, 0.717) is 24.9 Å². The van der Waals surface area contributed by atoms with Gasteiger partial charge < -0.3 is 9.26 Å². The van der Waals surface area contributed by atoms with Crippen molar-refractivity contribution in [2.75, 3.05) is 6.61 Å². The Morgan fingerprint density at radius 3 is 2.92 bits per heavy atom. The molecule has 4 nitrogen and oxygen atoms in total. The van der Waals surface area contributed by atoms with Crippen LogP contribution in [-0.2, 0) is 11.3 Å². The minimum Gasteiger partial charge on any atom is -0.372 e. The highest BCUT2D eigenvalue weighted by Gasteiger charge is 2.10. The lowest BCUT2D eigenvalue weighted by molar-refractivity contribution is 0.109. The van der Waals surface area contributed by atoms with Crippen molar-refractivity contribution in [3.05, 3.63) is 11.7 Å². The molecule has 1 rings (SSSR count). The fraction of sp³-hybridized carbons (Fsp3) is 0.714. The number of halogens is 1. The predicted octanol–water partition coefficient (Wildman–Crippen LogP) is 1.91. The van der Waals surface area contributed by atoms with Crippen molar-refractivity contribution < 1.29 is 9.26 Å². The first kappa shape index (κ1) is 9.48. The molecule has 0 bridgehead atoms. The number of alkyl halides is 1. The smallest absolute Gasteiger partial charge is 0.252 e. The molecule has 0 aliphatic rings. The summed E-state index contributed by atoms with van der Waals surface area (Å²) in [4.78, 5) is 4.01. The van der Waals surface area contributed by atoms with Crippen molar-refractivity contribution in [1.29, 1.82) is 0 Å². The highest BCUT2D eigenvalue weighted by molar-refractivity contribution is 6.20. The summed E-state index contributed by atoms with van der Waals surface area (Å²) in [5.74, 6) is 0.978. The zero-order valence-electron chi connectivity index (χ0n) is 7.08. The first-order valence-electron chi connectivity index (χ1n) is 3.78.